The zero-order chi connectivity index (χ0) is 33.8. The molecule has 4 aromatic carbocycles. The standard InChI is InChI=1S/C32H26N2.C7H12.C3H6.C2H4/c1-4-11-22-16-18-24(19-17-22)34-28-14-9-7-12-25(28)26-20-21-30-31(32(26)34)27-13-8-10-15-29(27)33(30)23(5-2)6-3;1-6(2)5-7(3)4;1-3-2;1-2/h4-10,12-21H,1-2,11H2,3H3;5H,1H2,2-4H3;3H,1H2,2H3;1-2H2/b23-6+;;;. The van der Waals surface area contributed by atoms with Crippen molar-refractivity contribution in [3.63, 3.8) is 0 Å². The van der Waals surface area contributed by atoms with Crippen LogP contribution in [0.1, 0.15) is 40.2 Å². The van der Waals surface area contributed by atoms with Gasteiger partial charge in [0.15, 0.2) is 0 Å². The average Bonchev–Trinajstić information content (AvgIpc) is 3.57. The fourth-order valence-corrected chi connectivity index (χ4v) is 5.83. The maximum atomic E-state index is 4.09. The molecule has 0 aliphatic carbocycles. The molecule has 0 atom stereocenters. The molecule has 2 nitrogen and oxygen atoms in total. The number of benzene rings is 4. The third kappa shape index (κ3) is 7.30. The number of fused-ring (bicyclic) bond motifs is 7. The molecular formula is C44H48N2. The summed E-state index contributed by atoms with van der Waals surface area (Å²) >= 11 is 0. The van der Waals surface area contributed by atoms with E-state index in [0.29, 0.717) is 0 Å². The Morgan fingerprint density at radius 3 is 1.80 bits per heavy atom. The van der Waals surface area contributed by atoms with Crippen molar-refractivity contribution in [3.05, 3.63) is 171 Å². The van der Waals surface area contributed by atoms with E-state index >= 15 is 0 Å². The van der Waals surface area contributed by atoms with Crippen LogP contribution >= 0.6 is 0 Å². The second-order valence-corrected chi connectivity index (χ2v) is 11.1. The van der Waals surface area contributed by atoms with Crippen LogP contribution in [-0.4, -0.2) is 9.13 Å². The molecule has 234 valence electrons. The molecule has 46 heavy (non-hydrogen) atoms. The van der Waals surface area contributed by atoms with E-state index in [4.69, 9.17) is 0 Å². The predicted molar refractivity (Wildman–Crippen MR) is 209 cm³/mol. The summed E-state index contributed by atoms with van der Waals surface area (Å²) in [6.07, 6.45) is 10.7. The van der Waals surface area contributed by atoms with Crippen LogP contribution in [0, 0.1) is 0 Å². The summed E-state index contributed by atoms with van der Waals surface area (Å²) in [5, 5.41) is 5.04. The van der Waals surface area contributed by atoms with E-state index in [1.165, 1.54) is 60.4 Å². The minimum Gasteiger partial charge on any atom is -0.310 e. The molecule has 2 heteroatoms. The Kier molecular flexibility index (Phi) is 12.7. The lowest BCUT2D eigenvalue weighted by molar-refractivity contribution is 1.17. The lowest BCUT2D eigenvalue weighted by Gasteiger charge is -2.11. The van der Waals surface area contributed by atoms with Gasteiger partial charge in [-0.2, -0.15) is 0 Å². The fraction of sp³-hybridized carbons (Fsp3) is 0.136. The first-order valence-electron chi connectivity index (χ1n) is 15.6. The van der Waals surface area contributed by atoms with Crippen molar-refractivity contribution in [2.24, 2.45) is 0 Å². The fourth-order valence-electron chi connectivity index (χ4n) is 5.83. The van der Waals surface area contributed by atoms with E-state index in [9.17, 15) is 0 Å². The highest BCUT2D eigenvalue weighted by Crippen LogP contribution is 2.41. The molecular weight excluding hydrogens is 556 g/mol. The van der Waals surface area contributed by atoms with Gasteiger partial charge in [-0.1, -0.05) is 103 Å². The molecule has 0 bridgehead atoms. The molecule has 2 aromatic heterocycles. The van der Waals surface area contributed by atoms with Crippen molar-refractivity contribution < 1.29 is 0 Å². The van der Waals surface area contributed by atoms with Crippen LogP contribution in [0.15, 0.2) is 166 Å². The van der Waals surface area contributed by atoms with Crippen molar-refractivity contribution in [1.82, 2.24) is 9.13 Å². The highest BCUT2D eigenvalue weighted by atomic mass is 15.0. The molecule has 6 aromatic rings. The van der Waals surface area contributed by atoms with Crippen LogP contribution in [-0.2, 0) is 6.42 Å². The van der Waals surface area contributed by atoms with Gasteiger partial charge in [0.2, 0.25) is 0 Å². The third-order valence-electron chi connectivity index (χ3n) is 7.34. The highest BCUT2D eigenvalue weighted by molar-refractivity contribution is 6.26. The van der Waals surface area contributed by atoms with Crippen LogP contribution in [0.4, 0.5) is 0 Å². The zero-order valence-electron chi connectivity index (χ0n) is 28.3. The summed E-state index contributed by atoms with van der Waals surface area (Å²) in [5.41, 5.74) is 10.8. The van der Waals surface area contributed by atoms with Crippen molar-refractivity contribution in [2.75, 3.05) is 0 Å². The molecule has 0 aliphatic heterocycles. The van der Waals surface area contributed by atoms with Crippen LogP contribution in [0.5, 0.6) is 0 Å². The molecule has 0 radical (unpaired) electrons. The van der Waals surface area contributed by atoms with E-state index in [2.05, 4.69) is 166 Å². The van der Waals surface area contributed by atoms with Gasteiger partial charge in [0, 0.05) is 32.9 Å². The van der Waals surface area contributed by atoms with Crippen molar-refractivity contribution >= 4 is 49.3 Å². The summed E-state index contributed by atoms with van der Waals surface area (Å²) in [7, 11) is 0. The number of para-hydroxylation sites is 2. The quantitative estimate of drug-likeness (QED) is 0.132. The van der Waals surface area contributed by atoms with Gasteiger partial charge in [0.05, 0.1) is 22.1 Å². The summed E-state index contributed by atoms with van der Waals surface area (Å²) in [6.45, 7) is 31.1. The number of hydrogen-bond acceptors (Lipinski definition) is 0. The van der Waals surface area contributed by atoms with Gasteiger partial charge in [0.1, 0.15) is 0 Å². The SMILES string of the molecule is C=C.C=C(C)C=C(C)C.C=CC.C=CCc1ccc(-n2c3ccccc3c3ccc4c(c5ccccc5n4/C(C=C)=C/C)c32)cc1. The van der Waals surface area contributed by atoms with E-state index in [0.717, 1.165) is 17.7 Å². The van der Waals surface area contributed by atoms with E-state index in [1.54, 1.807) is 6.08 Å². The molecule has 0 saturated heterocycles. The van der Waals surface area contributed by atoms with Gasteiger partial charge in [0.25, 0.3) is 0 Å². The number of aromatic nitrogens is 2. The molecule has 0 N–H and O–H groups in total. The predicted octanol–water partition coefficient (Wildman–Crippen LogP) is 13.2. The molecule has 6 rings (SSSR count). The summed E-state index contributed by atoms with van der Waals surface area (Å²) in [5.74, 6) is 0. The van der Waals surface area contributed by atoms with Crippen LogP contribution < -0.4 is 0 Å². The van der Waals surface area contributed by atoms with Gasteiger partial charge in [-0.3, -0.25) is 0 Å². The van der Waals surface area contributed by atoms with Crippen LogP contribution in [0.2, 0.25) is 0 Å². The zero-order valence-corrected chi connectivity index (χ0v) is 28.3. The first-order valence-corrected chi connectivity index (χ1v) is 15.6. The molecule has 0 spiro atoms. The number of allylic oxidation sites excluding steroid dienone is 8. The van der Waals surface area contributed by atoms with E-state index in [1.807, 2.05) is 26.0 Å². The van der Waals surface area contributed by atoms with Gasteiger partial charge in [-0.05, 0) is 83.0 Å². The van der Waals surface area contributed by atoms with Gasteiger partial charge in [-0.25, -0.2) is 0 Å². The number of nitrogens with zero attached hydrogens (tertiary/aromatic N) is 2. The van der Waals surface area contributed by atoms with Crippen molar-refractivity contribution in [3.8, 4) is 5.69 Å². The van der Waals surface area contributed by atoms with Crippen LogP contribution in [0.3, 0.4) is 0 Å². The molecule has 0 fully saturated rings. The second-order valence-electron chi connectivity index (χ2n) is 11.1. The molecule has 0 saturated carbocycles. The van der Waals surface area contributed by atoms with Crippen molar-refractivity contribution in [1.29, 1.82) is 0 Å². The molecule has 2 heterocycles. The Labute approximate surface area is 276 Å². The van der Waals surface area contributed by atoms with Gasteiger partial charge < -0.3 is 9.13 Å². The van der Waals surface area contributed by atoms with Gasteiger partial charge in [-0.15, -0.1) is 26.3 Å². The minimum atomic E-state index is 0.874. The van der Waals surface area contributed by atoms with Crippen LogP contribution in [0.25, 0.3) is 55.0 Å². The van der Waals surface area contributed by atoms with E-state index < -0.39 is 0 Å². The highest BCUT2D eigenvalue weighted by Gasteiger charge is 2.20. The lowest BCUT2D eigenvalue weighted by atomic mass is 10.1. The van der Waals surface area contributed by atoms with Crippen molar-refractivity contribution in [2.45, 2.75) is 41.0 Å². The average molecular weight is 605 g/mol. The summed E-state index contributed by atoms with van der Waals surface area (Å²) < 4.78 is 4.75. The topological polar surface area (TPSA) is 9.86 Å². The second kappa shape index (κ2) is 16.7. The van der Waals surface area contributed by atoms with E-state index in [-0.39, 0.29) is 0 Å². The maximum absolute atomic E-state index is 4.09. The number of hydrogen-bond donors (Lipinski definition) is 0. The Hall–Kier alpha value is -5.34. The Balaban J connectivity index is 0.000000417. The minimum absolute atomic E-state index is 0.874. The first kappa shape index (κ1) is 35.1. The normalized spacial score (nSPS) is 10.6. The Bertz CT molecular complexity index is 2050. The molecule has 0 unspecified atom stereocenters. The first-order chi connectivity index (χ1) is 22.3. The Morgan fingerprint density at radius 2 is 1.28 bits per heavy atom. The maximum Gasteiger partial charge on any atom is 0.0641 e. The molecule has 0 amide bonds. The Morgan fingerprint density at radius 1 is 0.696 bits per heavy atom. The summed E-state index contributed by atoms with van der Waals surface area (Å²) in [4.78, 5) is 0. The smallest absolute Gasteiger partial charge is 0.0641 e. The number of rotatable bonds is 6. The largest absolute Gasteiger partial charge is 0.310 e. The summed E-state index contributed by atoms with van der Waals surface area (Å²) in [6, 6.07) is 30.8. The van der Waals surface area contributed by atoms with Gasteiger partial charge >= 0.3 is 0 Å². The molecule has 0 aliphatic rings. The lowest BCUT2D eigenvalue weighted by Crippen LogP contribution is -1.96. The third-order valence-corrected chi connectivity index (χ3v) is 7.34. The monoisotopic (exact) mass is 604 g/mol.